The first-order valence-electron chi connectivity index (χ1n) is 6.97. The summed E-state index contributed by atoms with van der Waals surface area (Å²) in [7, 11) is 0. The highest BCUT2D eigenvalue weighted by Crippen LogP contribution is 2.23. The number of hydrogen-bond donors (Lipinski definition) is 1. The molecule has 1 N–H and O–H groups in total. The van der Waals surface area contributed by atoms with Gasteiger partial charge in [0.15, 0.2) is 5.82 Å². The lowest BCUT2D eigenvalue weighted by atomic mass is 9.90. The summed E-state index contributed by atoms with van der Waals surface area (Å²) in [6.07, 6.45) is 4.23. The van der Waals surface area contributed by atoms with Crippen molar-refractivity contribution >= 4 is 17.4 Å². The molecule has 114 valence electrons. The van der Waals surface area contributed by atoms with E-state index in [0.29, 0.717) is 12.4 Å². The van der Waals surface area contributed by atoms with Crippen molar-refractivity contribution in [2.24, 2.45) is 5.41 Å². The van der Waals surface area contributed by atoms with E-state index in [1.165, 1.54) is 0 Å². The van der Waals surface area contributed by atoms with E-state index >= 15 is 0 Å². The third kappa shape index (κ3) is 5.16. The number of alkyl halides is 1. The van der Waals surface area contributed by atoms with E-state index in [4.69, 9.17) is 11.6 Å². The SMILES string of the molecule is CC(C)(C)CC(Cl)CNc1nccn(C(C)(C)C)c1=O. The second-order valence-corrected chi connectivity index (χ2v) is 7.98. The average Bonchev–Trinajstić information content (AvgIpc) is 2.23. The maximum Gasteiger partial charge on any atom is 0.293 e. The highest BCUT2D eigenvalue weighted by Gasteiger charge is 2.19. The van der Waals surface area contributed by atoms with Crippen LogP contribution in [0.25, 0.3) is 0 Å². The molecule has 0 spiro atoms. The second-order valence-electron chi connectivity index (χ2n) is 7.36. The molecule has 0 aliphatic carbocycles. The summed E-state index contributed by atoms with van der Waals surface area (Å²) in [4.78, 5) is 16.4. The molecule has 1 aromatic heterocycles. The summed E-state index contributed by atoms with van der Waals surface area (Å²) in [6.45, 7) is 12.9. The van der Waals surface area contributed by atoms with E-state index in [0.717, 1.165) is 6.42 Å². The van der Waals surface area contributed by atoms with Crippen LogP contribution in [0.1, 0.15) is 48.0 Å². The summed E-state index contributed by atoms with van der Waals surface area (Å²) in [6, 6.07) is 0. The van der Waals surface area contributed by atoms with Crippen molar-refractivity contribution in [1.29, 1.82) is 0 Å². The van der Waals surface area contributed by atoms with Gasteiger partial charge < -0.3 is 9.88 Å². The molecule has 0 aliphatic heterocycles. The minimum absolute atomic E-state index is 0.0282. The van der Waals surface area contributed by atoms with Gasteiger partial charge >= 0.3 is 0 Å². The maximum absolute atomic E-state index is 12.3. The van der Waals surface area contributed by atoms with Gasteiger partial charge in [-0.3, -0.25) is 4.79 Å². The minimum Gasteiger partial charge on any atom is -0.364 e. The van der Waals surface area contributed by atoms with Crippen LogP contribution in [0.15, 0.2) is 17.2 Å². The summed E-state index contributed by atoms with van der Waals surface area (Å²) >= 11 is 6.30. The molecule has 0 bridgehead atoms. The quantitative estimate of drug-likeness (QED) is 0.866. The van der Waals surface area contributed by atoms with Crippen LogP contribution in [0.5, 0.6) is 0 Å². The Morgan fingerprint density at radius 2 is 1.90 bits per heavy atom. The standard InChI is InChI=1S/C15H26ClN3O/c1-14(2,3)9-11(16)10-18-12-13(20)19(8-7-17-12)15(4,5)6/h7-8,11H,9-10H2,1-6H3,(H,17,18). The molecule has 0 amide bonds. The Morgan fingerprint density at radius 3 is 2.40 bits per heavy atom. The fourth-order valence-electron chi connectivity index (χ4n) is 2.01. The van der Waals surface area contributed by atoms with Gasteiger partial charge in [0.05, 0.1) is 5.38 Å². The molecule has 0 aliphatic rings. The summed E-state index contributed by atoms with van der Waals surface area (Å²) in [5, 5.41) is 3.04. The molecule has 0 saturated heterocycles. The molecule has 1 atom stereocenters. The first-order valence-corrected chi connectivity index (χ1v) is 7.40. The molecule has 0 radical (unpaired) electrons. The predicted octanol–water partition coefficient (Wildman–Crippen LogP) is 3.45. The summed E-state index contributed by atoms with van der Waals surface area (Å²) < 4.78 is 1.68. The topological polar surface area (TPSA) is 46.9 Å². The summed E-state index contributed by atoms with van der Waals surface area (Å²) in [5.41, 5.74) is -0.203. The van der Waals surface area contributed by atoms with Crippen LogP contribution in [-0.4, -0.2) is 21.5 Å². The highest BCUT2D eigenvalue weighted by atomic mass is 35.5. The number of halogens is 1. The van der Waals surface area contributed by atoms with Gasteiger partial charge in [-0.1, -0.05) is 20.8 Å². The van der Waals surface area contributed by atoms with Crippen LogP contribution in [-0.2, 0) is 5.54 Å². The zero-order chi connectivity index (χ0) is 15.6. The fraction of sp³-hybridized carbons (Fsp3) is 0.733. The molecule has 0 fully saturated rings. The van der Waals surface area contributed by atoms with E-state index in [2.05, 4.69) is 31.1 Å². The molecule has 1 unspecified atom stereocenters. The van der Waals surface area contributed by atoms with Crippen LogP contribution in [0.2, 0.25) is 0 Å². The zero-order valence-corrected chi connectivity index (χ0v) is 14.1. The van der Waals surface area contributed by atoms with Crippen molar-refractivity contribution in [2.75, 3.05) is 11.9 Å². The number of aromatic nitrogens is 2. The van der Waals surface area contributed by atoms with E-state index in [1.54, 1.807) is 17.0 Å². The van der Waals surface area contributed by atoms with Gasteiger partial charge in [-0.25, -0.2) is 4.98 Å². The van der Waals surface area contributed by atoms with Gasteiger partial charge in [0.25, 0.3) is 5.56 Å². The third-order valence-electron chi connectivity index (χ3n) is 2.89. The van der Waals surface area contributed by atoms with Gasteiger partial charge in [0.1, 0.15) is 0 Å². The Labute approximate surface area is 126 Å². The van der Waals surface area contributed by atoms with Crippen LogP contribution in [0.4, 0.5) is 5.82 Å². The molecule has 0 saturated carbocycles. The highest BCUT2D eigenvalue weighted by molar-refractivity contribution is 6.20. The lowest BCUT2D eigenvalue weighted by molar-refractivity contribution is 0.373. The van der Waals surface area contributed by atoms with Crippen molar-refractivity contribution < 1.29 is 0 Å². The number of anilines is 1. The van der Waals surface area contributed by atoms with E-state index in [-0.39, 0.29) is 21.9 Å². The predicted molar refractivity (Wildman–Crippen MR) is 85.7 cm³/mol. The molecule has 0 aromatic carbocycles. The van der Waals surface area contributed by atoms with Crippen LogP contribution < -0.4 is 10.9 Å². The van der Waals surface area contributed by atoms with Crippen LogP contribution >= 0.6 is 11.6 Å². The van der Waals surface area contributed by atoms with Crippen molar-refractivity contribution in [1.82, 2.24) is 9.55 Å². The first-order chi connectivity index (χ1) is 9.00. The normalized spacial score (nSPS) is 14.2. The van der Waals surface area contributed by atoms with Crippen molar-refractivity contribution in [2.45, 2.75) is 58.9 Å². The molecule has 4 nitrogen and oxygen atoms in total. The zero-order valence-electron chi connectivity index (χ0n) is 13.3. The maximum atomic E-state index is 12.3. The Kier molecular flexibility index (Phi) is 5.25. The lowest BCUT2D eigenvalue weighted by Crippen LogP contribution is -2.36. The van der Waals surface area contributed by atoms with Gasteiger partial charge in [-0.05, 0) is 32.6 Å². The van der Waals surface area contributed by atoms with Crippen LogP contribution in [0, 0.1) is 5.41 Å². The van der Waals surface area contributed by atoms with E-state index in [1.807, 2.05) is 20.8 Å². The molecule has 1 aromatic rings. The van der Waals surface area contributed by atoms with Crippen LogP contribution in [0.3, 0.4) is 0 Å². The second kappa shape index (κ2) is 6.17. The summed E-state index contributed by atoms with van der Waals surface area (Å²) in [5.74, 6) is 0.363. The minimum atomic E-state index is -0.262. The van der Waals surface area contributed by atoms with Gasteiger partial charge in [-0.15, -0.1) is 11.6 Å². The molecular formula is C15H26ClN3O. The number of rotatable bonds is 4. The molecule has 1 rings (SSSR count). The molecule has 1 heterocycles. The Bertz CT molecular complexity index is 497. The fourth-order valence-corrected chi connectivity index (χ4v) is 2.55. The lowest BCUT2D eigenvalue weighted by Gasteiger charge is -2.24. The third-order valence-corrected chi connectivity index (χ3v) is 3.20. The Balaban J connectivity index is 2.78. The Morgan fingerprint density at radius 1 is 1.30 bits per heavy atom. The Hall–Kier alpha value is -1.03. The molecule has 20 heavy (non-hydrogen) atoms. The van der Waals surface area contributed by atoms with E-state index < -0.39 is 0 Å². The average molecular weight is 300 g/mol. The monoisotopic (exact) mass is 299 g/mol. The van der Waals surface area contributed by atoms with Crippen molar-refractivity contribution in [3.8, 4) is 0 Å². The van der Waals surface area contributed by atoms with Gasteiger partial charge in [0, 0.05) is 24.5 Å². The number of nitrogens with one attached hydrogen (secondary N) is 1. The van der Waals surface area contributed by atoms with Crippen molar-refractivity contribution in [3.05, 3.63) is 22.7 Å². The molecular weight excluding hydrogens is 274 g/mol. The van der Waals surface area contributed by atoms with Gasteiger partial charge in [-0.2, -0.15) is 0 Å². The smallest absolute Gasteiger partial charge is 0.293 e. The largest absolute Gasteiger partial charge is 0.364 e. The number of nitrogens with zero attached hydrogens (tertiary/aromatic N) is 2. The van der Waals surface area contributed by atoms with E-state index in [9.17, 15) is 4.79 Å². The number of hydrogen-bond acceptors (Lipinski definition) is 3. The first kappa shape index (κ1) is 17.0. The van der Waals surface area contributed by atoms with Crippen molar-refractivity contribution in [3.63, 3.8) is 0 Å². The van der Waals surface area contributed by atoms with Gasteiger partial charge in [0.2, 0.25) is 0 Å². The molecule has 5 heteroatoms.